The van der Waals surface area contributed by atoms with Crippen LogP contribution in [-0.2, 0) is 6.61 Å². The maximum atomic E-state index is 12.5. The van der Waals surface area contributed by atoms with Crippen LogP contribution in [0.3, 0.4) is 0 Å². The van der Waals surface area contributed by atoms with Crippen LogP contribution in [0.25, 0.3) is 6.08 Å². The summed E-state index contributed by atoms with van der Waals surface area (Å²) in [6.45, 7) is 0.278. The summed E-state index contributed by atoms with van der Waals surface area (Å²) in [7, 11) is 0. The molecule has 0 amide bonds. The molecule has 0 aliphatic heterocycles. The van der Waals surface area contributed by atoms with Gasteiger partial charge in [0.05, 0.1) is 4.47 Å². The topological polar surface area (TPSA) is 50.1 Å². The summed E-state index contributed by atoms with van der Waals surface area (Å²) in [5, 5.41) is 10.5. The number of halogens is 3. The minimum absolute atomic E-state index is 0.0599. The number of carbonyl (C=O) groups excluding carboxylic acids is 1. The quantitative estimate of drug-likeness (QED) is 0.211. The summed E-state index contributed by atoms with van der Waals surface area (Å²) in [4.78, 5) is 12.5. The minimum atomic E-state index is -0.318. The van der Waals surface area contributed by atoms with Crippen molar-refractivity contribution < 1.29 is 9.53 Å². The molecule has 0 aromatic heterocycles. The molecule has 0 heterocycles. The van der Waals surface area contributed by atoms with Gasteiger partial charge in [0.25, 0.3) is 0 Å². The van der Waals surface area contributed by atoms with Crippen molar-refractivity contribution in [3.63, 3.8) is 0 Å². The first-order valence-electron chi connectivity index (χ1n) is 8.56. The summed E-state index contributed by atoms with van der Waals surface area (Å²) >= 11 is 15.5. The van der Waals surface area contributed by atoms with Crippen LogP contribution in [0.2, 0.25) is 10.0 Å². The van der Waals surface area contributed by atoms with Crippen LogP contribution in [0.1, 0.15) is 21.5 Å². The zero-order chi connectivity index (χ0) is 20.8. The van der Waals surface area contributed by atoms with Crippen molar-refractivity contribution in [1.82, 2.24) is 0 Å². The molecule has 0 saturated carbocycles. The first kappa shape index (κ1) is 21.1. The summed E-state index contributed by atoms with van der Waals surface area (Å²) in [6.07, 6.45) is 1.56. The van der Waals surface area contributed by atoms with Gasteiger partial charge < -0.3 is 4.74 Å². The molecule has 0 aliphatic rings. The third-order valence-electron chi connectivity index (χ3n) is 4.07. The Bertz CT molecular complexity index is 1120. The first-order chi connectivity index (χ1) is 14.0. The van der Waals surface area contributed by atoms with Crippen LogP contribution >= 0.6 is 39.1 Å². The van der Waals surface area contributed by atoms with Crippen LogP contribution in [0, 0.1) is 11.3 Å². The number of ether oxygens (including phenoxy) is 1. The lowest BCUT2D eigenvalue weighted by molar-refractivity contribution is 0.104. The number of Topliss-reactive ketones (excluding diaryl/α,β-unsaturated/α-hetero) is 1. The Morgan fingerprint density at radius 2 is 1.83 bits per heavy atom. The van der Waals surface area contributed by atoms with Gasteiger partial charge in [0.2, 0.25) is 5.78 Å². The average Bonchev–Trinajstić information content (AvgIpc) is 2.72. The van der Waals surface area contributed by atoms with E-state index in [9.17, 15) is 10.1 Å². The van der Waals surface area contributed by atoms with E-state index < -0.39 is 0 Å². The maximum absolute atomic E-state index is 12.5. The van der Waals surface area contributed by atoms with Crippen molar-refractivity contribution >= 4 is 51.0 Å². The highest BCUT2D eigenvalue weighted by Gasteiger charge is 2.12. The third-order valence-corrected chi connectivity index (χ3v) is 5.27. The fraction of sp³-hybridized carbons (Fsp3) is 0.0435. The molecule has 144 valence electrons. The van der Waals surface area contributed by atoms with Gasteiger partial charge in [-0.25, -0.2) is 0 Å². The highest BCUT2D eigenvalue weighted by Crippen LogP contribution is 2.29. The molecule has 0 spiro atoms. The number of nitrogens with zero attached hydrogens (tertiary/aromatic N) is 1. The Morgan fingerprint density at radius 3 is 2.48 bits per heavy atom. The zero-order valence-electron chi connectivity index (χ0n) is 15.0. The standard InChI is InChI=1S/C23H14BrCl2NO2/c24-20-11-15(10-18(13-27)23(28)16-4-2-1-3-5-16)6-9-22(20)29-14-17-7-8-19(25)12-21(17)26/h1-12H,14H2/b18-10+. The van der Waals surface area contributed by atoms with Crippen molar-refractivity contribution in [1.29, 1.82) is 5.26 Å². The fourth-order valence-electron chi connectivity index (χ4n) is 2.58. The molecule has 0 saturated heterocycles. The molecular weight excluding hydrogens is 473 g/mol. The van der Waals surface area contributed by atoms with Crippen molar-refractivity contribution in [2.75, 3.05) is 0 Å². The van der Waals surface area contributed by atoms with Crippen LogP contribution < -0.4 is 4.74 Å². The van der Waals surface area contributed by atoms with E-state index >= 15 is 0 Å². The van der Waals surface area contributed by atoms with Gasteiger partial charge in [-0.2, -0.15) is 5.26 Å². The second-order valence-electron chi connectivity index (χ2n) is 6.08. The normalized spacial score (nSPS) is 11.0. The molecule has 3 aromatic carbocycles. The Balaban J connectivity index is 1.77. The maximum Gasteiger partial charge on any atom is 0.203 e. The molecule has 3 nitrogen and oxygen atoms in total. The summed E-state index contributed by atoms with van der Waals surface area (Å²) in [5.41, 5.74) is 2.05. The van der Waals surface area contributed by atoms with Crippen LogP contribution in [0.5, 0.6) is 5.75 Å². The van der Waals surface area contributed by atoms with Crippen molar-refractivity contribution in [3.8, 4) is 11.8 Å². The second-order valence-corrected chi connectivity index (χ2v) is 7.78. The molecular formula is C23H14BrCl2NO2. The fourth-order valence-corrected chi connectivity index (χ4v) is 3.55. The molecule has 6 heteroatoms. The Labute approximate surface area is 187 Å². The van der Waals surface area contributed by atoms with E-state index in [1.807, 2.05) is 18.2 Å². The molecule has 0 radical (unpaired) electrons. The lowest BCUT2D eigenvalue weighted by Gasteiger charge is -2.10. The molecule has 0 bridgehead atoms. The highest BCUT2D eigenvalue weighted by molar-refractivity contribution is 9.10. The van der Waals surface area contributed by atoms with E-state index in [2.05, 4.69) is 15.9 Å². The number of allylic oxidation sites excluding steroid dienone is 1. The van der Waals surface area contributed by atoms with Gasteiger partial charge in [-0.15, -0.1) is 0 Å². The SMILES string of the molecule is N#C/C(=C\c1ccc(OCc2ccc(Cl)cc2Cl)c(Br)c1)C(=O)c1ccccc1. The number of ketones is 1. The van der Waals surface area contributed by atoms with E-state index in [-0.39, 0.29) is 18.0 Å². The van der Waals surface area contributed by atoms with Crippen molar-refractivity contribution in [3.05, 3.63) is 104 Å². The largest absolute Gasteiger partial charge is 0.488 e. The van der Waals surface area contributed by atoms with E-state index in [1.165, 1.54) is 0 Å². The lowest BCUT2D eigenvalue weighted by Crippen LogP contribution is -2.01. The van der Waals surface area contributed by atoms with E-state index in [0.717, 1.165) is 5.56 Å². The van der Waals surface area contributed by atoms with Crippen LogP contribution in [-0.4, -0.2) is 5.78 Å². The molecule has 29 heavy (non-hydrogen) atoms. The van der Waals surface area contributed by atoms with Gasteiger partial charge in [0, 0.05) is 21.2 Å². The van der Waals surface area contributed by atoms with E-state index in [1.54, 1.807) is 60.7 Å². The third kappa shape index (κ3) is 5.48. The number of hydrogen-bond acceptors (Lipinski definition) is 3. The Morgan fingerprint density at radius 1 is 1.07 bits per heavy atom. The van der Waals surface area contributed by atoms with Crippen molar-refractivity contribution in [2.45, 2.75) is 6.61 Å². The monoisotopic (exact) mass is 485 g/mol. The van der Waals surface area contributed by atoms with E-state index in [4.69, 9.17) is 27.9 Å². The van der Waals surface area contributed by atoms with Gasteiger partial charge in [0.1, 0.15) is 24.0 Å². The number of nitriles is 1. The predicted molar refractivity (Wildman–Crippen MR) is 119 cm³/mol. The number of hydrogen-bond donors (Lipinski definition) is 0. The number of carbonyl (C=O) groups is 1. The van der Waals surface area contributed by atoms with Crippen molar-refractivity contribution in [2.24, 2.45) is 0 Å². The van der Waals surface area contributed by atoms with Gasteiger partial charge >= 0.3 is 0 Å². The van der Waals surface area contributed by atoms with Gasteiger partial charge in [0.15, 0.2) is 0 Å². The molecule has 3 aromatic rings. The average molecular weight is 487 g/mol. The highest BCUT2D eigenvalue weighted by atomic mass is 79.9. The summed E-state index contributed by atoms with van der Waals surface area (Å²) < 4.78 is 6.51. The van der Waals surface area contributed by atoms with Gasteiger partial charge in [-0.1, -0.05) is 65.7 Å². The second kappa shape index (κ2) is 9.76. The molecule has 0 aliphatic carbocycles. The first-order valence-corrected chi connectivity index (χ1v) is 10.1. The van der Waals surface area contributed by atoms with Gasteiger partial charge in [-0.05, 0) is 51.8 Å². The predicted octanol–water partition coefficient (Wildman–Crippen LogP) is 7.12. The van der Waals surface area contributed by atoms with Gasteiger partial charge in [-0.3, -0.25) is 4.79 Å². The Kier molecular flexibility index (Phi) is 7.11. The molecule has 3 rings (SSSR count). The number of rotatable bonds is 6. The smallest absolute Gasteiger partial charge is 0.203 e. The summed E-state index contributed by atoms with van der Waals surface area (Å²) in [6, 6.07) is 21.2. The number of benzene rings is 3. The van der Waals surface area contributed by atoms with Crippen LogP contribution in [0.4, 0.5) is 0 Å². The van der Waals surface area contributed by atoms with E-state index in [0.29, 0.717) is 31.4 Å². The molecule has 0 unspecified atom stereocenters. The molecule has 0 fully saturated rings. The van der Waals surface area contributed by atoms with Crippen LogP contribution in [0.15, 0.2) is 76.8 Å². The zero-order valence-corrected chi connectivity index (χ0v) is 18.1. The molecule has 0 N–H and O–H groups in total. The lowest BCUT2D eigenvalue weighted by atomic mass is 10.0. The Hall–Kier alpha value is -2.58. The molecule has 0 atom stereocenters. The summed E-state index contributed by atoms with van der Waals surface area (Å²) in [5.74, 6) is 0.294. The minimum Gasteiger partial charge on any atom is -0.488 e.